The van der Waals surface area contributed by atoms with E-state index in [4.69, 9.17) is 4.74 Å². The van der Waals surface area contributed by atoms with E-state index in [0.29, 0.717) is 23.2 Å². The molecule has 0 fully saturated rings. The van der Waals surface area contributed by atoms with Crippen LogP contribution in [0.1, 0.15) is 11.6 Å². The van der Waals surface area contributed by atoms with Crippen LogP contribution in [0.2, 0.25) is 0 Å². The Hall–Kier alpha value is -3.72. The molecule has 0 saturated carbocycles. The lowest BCUT2D eigenvalue weighted by atomic mass is 10.0. The number of carbonyl (C=O) groups excluding carboxylic acids is 1. The first kappa shape index (κ1) is 20.2. The van der Waals surface area contributed by atoms with Crippen LogP contribution in [0.25, 0.3) is 5.69 Å². The van der Waals surface area contributed by atoms with Gasteiger partial charge in [0.15, 0.2) is 0 Å². The molecule has 0 bridgehead atoms. The van der Waals surface area contributed by atoms with Gasteiger partial charge in [-0.25, -0.2) is 4.39 Å². The van der Waals surface area contributed by atoms with Crippen molar-refractivity contribution in [3.8, 4) is 11.4 Å². The van der Waals surface area contributed by atoms with E-state index in [1.807, 2.05) is 54.6 Å². The third-order valence-corrected chi connectivity index (χ3v) is 6.01. The largest absolute Gasteiger partial charge is 0.489 e. The van der Waals surface area contributed by atoms with Crippen LogP contribution in [0.3, 0.4) is 0 Å². The van der Waals surface area contributed by atoms with Crippen molar-refractivity contribution in [3.63, 3.8) is 0 Å². The highest BCUT2D eigenvalue weighted by Gasteiger charge is 2.33. The minimum absolute atomic E-state index is 0.103. The fourth-order valence-corrected chi connectivity index (χ4v) is 4.40. The molecule has 1 aliphatic heterocycles. The number of aromatic nitrogens is 4. The molecule has 4 aromatic rings. The van der Waals surface area contributed by atoms with Crippen molar-refractivity contribution in [2.45, 2.75) is 11.2 Å². The highest BCUT2D eigenvalue weighted by molar-refractivity contribution is 7.99. The molecule has 1 atom stereocenters. The molecule has 1 unspecified atom stereocenters. The quantitative estimate of drug-likeness (QED) is 0.430. The maximum absolute atomic E-state index is 13.6. The number of thioether (sulfide) groups is 1. The number of anilines is 1. The second-order valence-corrected chi connectivity index (χ2v) is 8.05. The summed E-state index contributed by atoms with van der Waals surface area (Å²) >= 11 is 1.20. The number of hydrogen-bond donors (Lipinski definition) is 0. The molecule has 2 heterocycles. The van der Waals surface area contributed by atoms with Crippen molar-refractivity contribution >= 4 is 23.4 Å². The predicted octanol–water partition coefficient (Wildman–Crippen LogP) is 4.06. The van der Waals surface area contributed by atoms with Gasteiger partial charge in [-0.05, 0) is 46.3 Å². The number of carbonyl (C=O) groups is 1. The Balaban J connectivity index is 1.41. The van der Waals surface area contributed by atoms with Gasteiger partial charge in [-0.3, -0.25) is 9.69 Å². The molecule has 0 N–H and O–H groups in total. The van der Waals surface area contributed by atoms with Gasteiger partial charge in [-0.1, -0.05) is 60.3 Å². The van der Waals surface area contributed by atoms with Crippen molar-refractivity contribution in [3.05, 3.63) is 90.2 Å². The average molecular weight is 447 g/mol. The predicted molar refractivity (Wildman–Crippen MR) is 118 cm³/mol. The minimum Gasteiger partial charge on any atom is -0.489 e. The van der Waals surface area contributed by atoms with Crippen molar-refractivity contribution in [1.82, 2.24) is 20.2 Å². The molecule has 1 aliphatic rings. The molecule has 7 nitrogen and oxygen atoms in total. The third-order valence-electron chi connectivity index (χ3n) is 5.10. The van der Waals surface area contributed by atoms with Crippen molar-refractivity contribution in [1.29, 1.82) is 0 Å². The molecule has 0 spiro atoms. The first-order valence-corrected chi connectivity index (χ1v) is 11.0. The maximum Gasteiger partial charge on any atom is 0.238 e. The van der Waals surface area contributed by atoms with E-state index < -0.39 is 0 Å². The molecular formula is C23H18FN5O2S. The van der Waals surface area contributed by atoms with E-state index in [0.717, 1.165) is 11.3 Å². The number of ether oxygens (including phenoxy) is 1. The van der Waals surface area contributed by atoms with Gasteiger partial charge in [0, 0.05) is 0 Å². The van der Waals surface area contributed by atoms with Crippen LogP contribution in [0.4, 0.5) is 10.1 Å². The van der Waals surface area contributed by atoms with Crippen molar-refractivity contribution in [2.24, 2.45) is 0 Å². The lowest BCUT2D eigenvalue weighted by Gasteiger charge is -2.37. The molecule has 160 valence electrons. The first-order valence-electron chi connectivity index (χ1n) is 9.96. The van der Waals surface area contributed by atoms with Crippen LogP contribution in [0.5, 0.6) is 5.75 Å². The summed E-state index contributed by atoms with van der Waals surface area (Å²) in [6.45, 7) is 0.360. The second kappa shape index (κ2) is 8.80. The number of para-hydroxylation sites is 2. The minimum atomic E-state index is -0.388. The van der Waals surface area contributed by atoms with Crippen LogP contribution in [0, 0.1) is 5.82 Å². The number of nitrogens with zero attached hydrogens (tertiary/aromatic N) is 5. The summed E-state index contributed by atoms with van der Waals surface area (Å²) in [4.78, 5) is 15.2. The zero-order valence-corrected chi connectivity index (χ0v) is 17.7. The Bertz CT molecular complexity index is 1250. The Morgan fingerprint density at radius 2 is 1.88 bits per heavy atom. The molecule has 32 heavy (non-hydrogen) atoms. The van der Waals surface area contributed by atoms with E-state index in [1.165, 1.54) is 28.6 Å². The fourth-order valence-electron chi connectivity index (χ4n) is 3.65. The molecule has 3 aromatic carbocycles. The van der Waals surface area contributed by atoms with E-state index in [-0.39, 0.29) is 23.5 Å². The van der Waals surface area contributed by atoms with E-state index in [1.54, 1.807) is 17.0 Å². The summed E-state index contributed by atoms with van der Waals surface area (Å²) in [6, 6.07) is 23.0. The highest BCUT2D eigenvalue weighted by Crippen LogP contribution is 2.39. The van der Waals surface area contributed by atoms with Gasteiger partial charge in [0.05, 0.1) is 23.2 Å². The van der Waals surface area contributed by atoms with Gasteiger partial charge in [-0.2, -0.15) is 4.68 Å². The smallest absolute Gasteiger partial charge is 0.238 e. The molecule has 1 amide bonds. The number of fused-ring (bicyclic) bond motifs is 1. The number of benzene rings is 3. The Morgan fingerprint density at radius 3 is 2.72 bits per heavy atom. The third kappa shape index (κ3) is 3.94. The summed E-state index contributed by atoms with van der Waals surface area (Å²) in [6.07, 6.45) is 0. The lowest BCUT2D eigenvalue weighted by molar-refractivity contribution is -0.117. The number of hydrogen-bond acceptors (Lipinski definition) is 6. The summed E-state index contributed by atoms with van der Waals surface area (Å²) in [7, 11) is 0. The SMILES string of the molecule is O=C(CSc1nnnn1-c1cccc(F)c1)N1c2ccccc2OCC1c1ccccc1. The summed E-state index contributed by atoms with van der Waals surface area (Å²) in [5.74, 6) is 0.282. The van der Waals surface area contributed by atoms with E-state index in [9.17, 15) is 9.18 Å². The molecule has 0 saturated heterocycles. The van der Waals surface area contributed by atoms with Gasteiger partial charge in [-0.15, -0.1) is 5.10 Å². The summed E-state index contributed by atoms with van der Waals surface area (Å²) < 4.78 is 21.0. The van der Waals surface area contributed by atoms with Gasteiger partial charge in [0.2, 0.25) is 11.1 Å². The molecule has 0 aliphatic carbocycles. The van der Waals surface area contributed by atoms with Crippen LogP contribution >= 0.6 is 11.8 Å². The van der Waals surface area contributed by atoms with Gasteiger partial charge >= 0.3 is 0 Å². The molecule has 5 rings (SSSR count). The maximum atomic E-state index is 13.6. The topological polar surface area (TPSA) is 73.1 Å². The van der Waals surface area contributed by atoms with Gasteiger partial charge in [0.1, 0.15) is 18.2 Å². The Morgan fingerprint density at radius 1 is 1.06 bits per heavy atom. The molecule has 0 radical (unpaired) electrons. The standard InChI is InChI=1S/C23H18FN5O2S/c24-17-9-6-10-18(13-17)29-23(25-26-27-29)32-15-22(30)28-19-11-4-5-12-21(19)31-14-20(28)16-7-2-1-3-8-16/h1-13,20H,14-15H2. The zero-order chi connectivity index (χ0) is 21.9. The van der Waals surface area contributed by atoms with E-state index in [2.05, 4.69) is 15.5 Å². The monoisotopic (exact) mass is 447 g/mol. The number of amides is 1. The zero-order valence-electron chi connectivity index (χ0n) is 16.8. The molecule has 1 aromatic heterocycles. The van der Waals surface area contributed by atoms with Crippen LogP contribution in [-0.4, -0.2) is 38.5 Å². The van der Waals surface area contributed by atoms with Crippen molar-refractivity contribution < 1.29 is 13.9 Å². The second-order valence-electron chi connectivity index (χ2n) is 7.11. The molecular weight excluding hydrogens is 429 g/mol. The average Bonchev–Trinajstić information content (AvgIpc) is 3.31. The van der Waals surface area contributed by atoms with Gasteiger partial charge in [0.25, 0.3) is 0 Å². The van der Waals surface area contributed by atoms with Crippen LogP contribution < -0.4 is 9.64 Å². The Kier molecular flexibility index (Phi) is 5.55. The fraction of sp³-hybridized carbons (Fsp3) is 0.130. The van der Waals surface area contributed by atoms with E-state index >= 15 is 0 Å². The molecule has 9 heteroatoms. The Labute approximate surface area is 187 Å². The number of tetrazole rings is 1. The first-order chi connectivity index (χ1) is 15.7. The van der Waals surface area contributed by atoms with Crippen LogP contribution in [0.15, 0.2) is 84.0 Å². The normalized spacial score (nSPS) is 15.2. The number of rotatable bonds is 5. The van der Waals surface area contributed by atoms with Gasteiger partial charge < -0.3 is 4.74 Å². The summed E-state index contributed by atoms with van der Waals surface area (Å²) in [5, 5.41) is 12.0. The number of halogens is 1. The van der Waals surface area contributed by atoms with Crippen molar-refractivity contribution in [2.75, 3.05) is 17.3 Å². The lowest BCUT2D eigenvalue weighted by Crippen LogP contribution is -2.42. The highest BCUT2D eigenvalue weighted by atomic mass is 32.2. The van der Waals surface area contributed by atoms with Crippen LogP contribution in [-0.2, 0) is 4.79 Å². The summed E-state index contributed by atoms with van der Waals surface area (Å²) in [5.41, 5.74) is 2.21.